The Balaban J connectivity index is 1.97. The summed E-state index contributed by atoms with van der Waals surface area (Å²) in [6.07, 6.45) is 1.57. The lowest BCUT2D eigenvalue weighted by Crippen LogP contribution is -1.92. The van der Waals surface area contributed by atoms with Gasteiger partial charge in [-0.3, -0.25) is 4.79 Å². The number of carbonyl (C=O) groups excluding carboxylic acids is 1. The van der Waals surface area contributed by atoms with Crippen molar-refractivity contribution in [3.05, 3.63) is 75.1 Å². The van der Waals surface area contributed by atoms with Gasteiger partial charge in [-0.2, -0.15) is 0 Å². The Bertz CT molecular complexity index is 591. The molecule has 0 unspecified atom stereocenters. The Morgan fingerprint density at radius 1 is 1.05 bits per heavy atom. The number of benzene rings is 2. The Labute approximate surface area is 129 Å². The molecule has 0 atom stereocenters. The van der Waals surface area contributed by atoms with Crippen LogP contribution in [0.3, 0.4) is 0 Å². The highest BCUT2D eigenvalue weighted by Crippen LogP contribution is 2.21. The fraction of sp³-hybridized carbons (Fsp3) is 0. The predicted octanol–water partition coefficient (Wildman–Crippen LogP) is 5.59. The lowest BCUT2D eigenvalue weighted by atomic mass is 10.1. The van der Waals surface area contributed by atoms with Gasteiger partial charge in [-0.1, -0.05) is 39.3 Å². The van der Waals surface area contributed by atoms with Crippen molar-refractivity contribution >= 4 is 45.1 Å². The first-order valence-corrected chi connectivity index (χ1v) is 7.59. The maximum atomic E-state index is 11.9. The summed E-state index contributed by atoms with van der Waals surface area (Å²) in [4.78, 5) is 12.9. The molecule has 96 valence electrons. The molecule has 0 aliphatic carbocycles. The van der Waals surface area contributed by atoms with Crippen LogP contribution in [0.15, 0.2) is 69.4 Å². The Morgan fingerprint density at radius 2 is 1.68 bits per heavy atom. The van der Waals surface area contributed by atoms with E-state index in [1.807, 2.05) is 36.4 Å². The van der Waals surface area contributed by atoms with Crippen LogP contribution in [-0.2, 0) is 0 Å². The lowest BCUT2D eigenvalue weighted by Gasteiger charge is -1.97. The second kappa shape index (κ2) is 6.94. The van der Waals surface area contributed by atoms with Gasteiger partial charge in [0.15, 0.2) is 5.78 Å². The van der Waals surface area contributed by atoms with Crippen LogP contribution in [0.1, 0.15) is 10.4 Å². The van der Waals surface area contributed by atoms with Gasteiger partial charge in [-0.15, -0.1) is 0 Å². The van der Waals surface area contributed by atoms with Gasteiger partial charge in [0.2, 0.25) is 0 Å². The molecule has 0 aliphatic rings. The second-order valence-corrected chi connectivity index (χ2v) is 6.08. The van der Waals surface area contributed by atoms with E-state index < -0.39 is 0 Å². The zero-order valence-electron chi connectivity index (χ0n) is 9.85. The summed E-state index contributed by atoms with van der Waals surface area (Å²) in [5, 5.41) is 2.49. The van der Waals surface area contributed by atoms with E-state index >= 15 is 0 Å². The highest BCUT2D eigenvalue weighted by Gasteiger charge is 2.00. The molecule has 0 bridgehead atoms. The summed E-state index contributed by atoms with van der Waals surface area (Å²) in [7, 11) is 0. The third-order valence-electron chi connectivity index (χ3n) is 2.37. The third-order valence-corrected chi connectivity index (χ3v) is 3.96. The van der Waals surface area contributed by atoms with Gasteiger partial charge in [0.25, 0.3) is 0 Å². The first kappa shape index (κ1) is 14.4. The highest BCUT2D eigenvalue weighted by molar-refractivity contribution is 9.10. The predicted molar refractivity (Wildman–Crippen MR) is 84.9 cm³/mol. The number of thioether (sulfide) groups is 1. The Kier molecular flexibility index (Phi) is 5.25. The molecule has 0 N–H and O–H groups in total. The molecule has 0 amide bonds. The van der Waals surface area contributed by atoms with Crippen molar-refractivity contribution < 1.29 is 4.79 Å². The molecule has 0 spiro atoms. The fourth-order valence-corrected chi connectivity index (χ4v) is 2.43. The summed E-state index contributed by atoms with van der Waals surface area (Å²) in [5.41, 5.74) is 0.677. The molecule has 4 heteroatoms. The number of carbonyl (C=O) groups is 1. The maximum Gasteiger partial charge on any atom is 0.186 e. The quantitative estimate of drug-likeness (QED) is 0.405. The Hall–Kier alpha value is -1.03. The van der Waals surface area contributed by atoms with Gasteiger partial charge >= 0.3 is 0 Å². The molecule has 0 aliphatic heterocycles. The topological polar surface area (TPSA) is 17.1 Å². The maximum absolute atomic E-state index is 11.9. The highest BCUT2D eigenvalue weighted by atomic mass is 79.9. The zero-order chi connectivity index (χ0) is 13.7. The molecule has 0 aromatic heterocycles. The molecule has 0 fully saturated rings. The lowest BCUT2D eigenvalue weighted by molar-refractivity contribution is 0.104. The van der Waals surface area contributed by atoms with Gasteiger partial charge in [0, 0.05) is 20.0 Å². The number of hydrogen-bond acceptors (Lipinski definition) is 2. The molecule has 0 radical (unpaired) electrons. The summed E-state index contributed by atoms with van der Waals surface area (Å²) in [6.45, 7) is 0. The molecule has 2 aromatic rings. The molecular formula is C15H10BrClOS. The van der Waals surface area contributed by atoms with Gasteiger partial charge in [0.1, 0.15) is 0 Å². The van der Waals surface area contributed by atoms with Crippen LogP contribution in [0.5, 0.6) is 0 Å². The van der Waals surface area contributed by atoms with Crippen molar-refractivity contribution in [2.45, 2.75) is 4.90 Å². The second-order valence-electron chi connectivity index (χ2n) is 3.75. The molecule has 0 saturated carbocycles. The SMILES string of the molecule is O=C(/C=C/Sc1ccc(Cl)cc1)c1ccc(Br)cc1. The van der Waals surface area contributed by atoms with Crippen LogP contribution in [0.25, 0.3) is 0 Å². The van der Waals surface area contributed by atoms with Crippen molar-refractivity contribution in [1.29, 1.82) is 0 Å². The van der Waals surface area contributed by atoms with Gasteiger partial charge in [0.05, 0.1) is 0 Å². The van der Waals surface area contributed by atoms with Crippen LogP contribution < -0.4 is 0 Å². The van der Waals surface area contributed by atoms with Crippen LogP contribution in [0.4, 0.5) is 0 Å². The van der Waals surface area contributed by atoms with Crippen molar-refractivity contribution in [2.24, 2.45) is 0 Å². The first-order chi connectivity index (χ1) is 9.15. The van der Waals surface area contributed by atoms with Crippen LogP contribution >= 0.6 is 39.3 Å². The molecule has 0 heterocycles. The van der Waals surface area contributed by atoms with E-state index in [4.69, 9.17) is 11.6 Å². The number of halogens is 2. The molecule has 1 nitrogen and oxygen atoms in total. The summed E-state index contributed by atoms with van der Waals surface area (Å²) < 4.78 is 0.962. The largest absolute Gasteiger partial charge is 0.289 e. The van der Waals surface area contributed by atoms with Gasteiger partial charge in [-0.05, 0) is 60.0 Å². The van der Waals surface area contributed by atoms with E-state index in [1.165, 1.54) is 11.8 Å². The van der Waals surface area contributed by atoms with Crippen LogP contribution in [-0.4, -0.2) is 5.78 Å². The molecule has 2 aromatic carbocycles. The molecular weight excluding hydrogens is 344 g/mol. The third kappa shape index (κ3) is 4.53. The normalized spacial score (nSPS) is 10.8. The smallest absolute Gasteiger partial charge is 0.186 e. The average Bonchev–Trinajstić information content (AvgIpc) is 2.41. The van der Waals surface area contributed by atoms with Crippen LogP contribution in [0.2, 0.25) is 5.02 Å². The first-order valence-electron chi connectivity index (χ1n) is 5.54. The molecule has 2 rings (SSSR count). The van der Waals surface area contributed by atoms with Crippen molar-refractivity contribution in [3.8, 4) is 0 Å². The standard InChI is InChI=1S/C15H10BrClOS/c16-12-3-1-11(2-4-12)15(18)9-10-19-14-7-5-13(17)6-8-14/h1-10H/b10-9+. The summed E-state index contributed by atoms with van der Waals surface area (Å²) >= 11 is 10.6. The van der Waals surface area contributed by atoms with E-state index in [0.717, 1.165) is 9.37 Å². The van der Waals surface area contributed by atoms with E-state index in [0.29, 0.717) is 10.6 Å². The summed E-state index contributed by atoms with van der Waals surface area (Å²) in [5.74, 6) is -0.00559. The fourth-order valence-electron chi connectivity index (χ4n) is 1.40. The van der Waals surface area contributed by atoms with E-state index in [9.17, 15) is 4.79 Å². The minimum absolute atomic E-state index is 0.00559. The number of hydrogen-bond donors (Lipinski definition) is 0. The van der Waals surface area contributed by atoms with Gasteiger partial charge in [-0.25, -0.2) is 0 Å². The van der Waals surface area contributed by atoms with Crippen molar-refractivity contribution in [1.82, 2.24) is 0 Å². The number of rotatable bonds is 4. The molecule has 19 heavy (non-hydrogen) atoms. The zero-order valence-corrected chi connectivity index (χ0v) is 13.0. The summed E-state index contributed by atoms with van der Waals surface area (Å²) in [6, 6.07) is 14.8. The number of ketones is 1. The average molecular weight is 354 g/mol. The van der Waals surface area contributed by atoms with Crippen molar-refractivity contribution in [2.75, 3.05) is 0 Å². The van der Waals surface area contributed by atoms with Crippen LogP contribution in [0, 0.1) is 0 Å². The monoisotopic (exact) mass is 352 g/mol. The van der Waals surface area contributed by atoms with Gasteiger partial charge < -0.3 is 0 Å². The Morgan fingerprint density at radius 3 is 2.32 bits per heavy atom. The van der Waals surface area contributed by atoms with E-state index in [-0.39, 0.29) is 5.78 Å². The van der Waals surface area contributed by atoms with E-state index in [1.54, 1.807) is 23.6 Å². The van der Waals surface area contributed by atoms with E-state index in [2.05, 4.69) is 15.9 Å². The molecule has 0 saturated heterocycles. The minimum Gasteiger partial charge on any atom is -0.289 e. The number of allylic oxidation sites excluding steroid dienone is 1. The van der Waals surface area contributed by atoms with Crippen molar-refractivity contribution in [3.63, 3.8) is 0 Å². The minimum atomic E-state index is -0.00559.